The van der Waals surface area contributed by atoms with E-state index in [0.717, 1.165) is 12.1 Å². The summed E-state index contributed by atoms with van der Waals surface area (Å²) < 4.78 is 37.9. The van der Waals surface area contributed by atoms with Gasteiger partial charge in [0.25, 0.3) is 0 Å². The number of nitrogens with two attached hydrogens (primary N) is 1. The zero-order chi connectivity index (χ0) is 11.9. The normalized spacial score (nSPS) is 11.9. The van der Waals surface area contributed by atoms with Crippen LogP contribution in [0.1, 0.15) is 5.56 Å². The number of fused-ring (bicyclic) bond motifs is 1. The summed E-state index contributed by atoms with van der Waals surface area (Å²) in [6, 6.07) is 6.07. The molecule has 5 heteroatoms. The number of benzene rings is 2. The van der Waals surface area contributed by atoms with Gasteiger partial charge in [-0.3, -0.25) is 0 Å². The summed E-state index contributed by atoms with van der Waals surface area (Å²) in [5.74, 6) is -0.216. The van der Waals surface area contributed by atoms with Crippen LogP contribution >= 0.6 is 0 Å². The summed E-state index contributed by atoms with van der Waals surface area (Å²) in [6.07, 6.45) is -4.43. The lowest BCUT2D eigenvalue weighted by Gasteiger charge is -2.11. The van der Waals surface area contributed by atoms with E-state index >= 15 is 0 Å². The maximum absolute atomic E-state index is 12.6. The summed E-state index contributed by atoms with van der Waals surface area (Å²) in [5, 5.41) is 9.50. The smallest absolute Gasteiger partial charge is 0.417 e. The second-order valence-electron chi connectivity index (χ2n) is 3.40. The maximum atomic E-state index is 12.6. The number of nitrogen functional groups attached to an aromatic ring is 1. The van der Waals surface area contributed by atoms with Gasteiger partial charge >= 0.3 is 6.18 Å². The van der Waals surface area contributed by atoms with Crippen LogP contribution in [-0.2, 0) is 6.18 Å². The van der Waals surface area contributed by atoms with E-state index in [1.54, 1.807) is 0 Å². The average Bonchev–Trinajstić information content (AvgIpc) is 2.21. The molecule has 0 spiro atoms. The van der Waals surface area contributed by atoms with Gasteiger partial charge in [-0.25, -0.2) is 0 Å². The van der Waals surface area contributed by atoms with Crippen LogP contribution in [0.2, 0.25) is 0 Å². The number of aromatic hydroxyl groups is 1. The molecule has 16 heavy (non-hydrogen) atoms. The zero-order valence-electron chi connectivity index (χ0n) is 8.05. The molecule has 0 aliphatic rings. The third-order valence-electron chi connectivity index (χ3n) is 2.39. The average molecular weight is 227 g/mol. The Morgan fingerprint density at radius 1 is 1.00 bits per heavy atom. The lowest BCUT2D eigenvalue weighted by atomic mass is 10.0. The van der Waals surface area contributed by atoms with Crippen molar-refractivity contribution in [2.45, 2.75) is 6.18 Å². The predicted octanol–water partition coefficient (Wildman–Crippen LogP) is 3.15. The number of halogens is 3. The Labute approximate surface area is 89.1 Å². The van der Waals surface area contributed by atoms with Gasteiger partial charge in [-0.1, -0.05) is 12.1 Å². The van der Waals surface area contributed by atoms with Crippen LogP contribution in [0.15, 0.2) is 30.3 Å². The van der Waals surface area contributed by atoms with Crippen LogP contribution in [-0.4, -0.2) is 5.11 Å². The summed E-state index contributed by atoms with van der Waals surface area (Å²) in [5.41, 5.74) is 4.72. The van der Waals surface area contributed by atoms with Crippen LogP contribution in [0.3, 0.4) is 0 Å². The van der Waals surface area contributed by atoms with E-state index in [9.17, 15) is 18.3 Å². The van der Waals surface area contributed by atoms with Crippen LogP contribution in [0, 0.1) is 0 Å². The minimum atomic E-state index is -4.43. The first-order valence-corrected chi connectivity index (χ1v) is 4.48. The molecular formula is C11H8F3NO. The fourth-order valence-electron chi connectivity index (χ4n) is 1.62. The van der Waals surface area contributed by atoms with Crippen molar-refractivity contribution < 1.29 is 18.3 Å². The lowest BCUT2D eigenvalue weighted by molar-refractivity contribution is -0.136. The summed E-state index contributed by atoms with van der Waals surface area (Å²) in [4.78, 5) is 0. The Morgan fingerprint density at radius 3 is 2.31 bits per heavy atom. The number of anilines is 1. The van der Waals surface area contributed by atoms with Crippen LogP contribution < -0.4 is 5.73 Å². The molecule has 2 rings (SSSR count). The molecule has 2 nitrogen and oxygen atoms in total. The second kappa shape index (κ2) is 3.30. The summed E-state index contributed by atoms with van der Waals surface area (Å²) in [7, 11) is 0. The number of alkyl halides is 3. The minimum Gasteiger partial charge on any atom is -0.506 e. The number of hydrogen-bond donors (Lipinski definition) is 2. The van der Waals surface area contributed by atoms with Gasteiger partial charge in [-0.15, -0.1) is 0 Å². The highest BCUT2D eigenvalue weighted by molar-refractivity contribution is 5.97. The fraction of sp³-hybridized carbons (Fsp3) is 0.0909. The van der Waals surface area contributed by atoms with Gasteiger partial charge in [-0.2, -0.15) is 13.2 Å². The molecule has 0 fully saturated rings. The van der Waals surface area contributed by atoms with Crippen molar-refractivity contribution in [1.82, 2.24) is 0 Å². The molecule has 0 bridgehead atoms. The number of hydrogen-bond acceptors (Lipinski definition) is 2. The maximum Gasteiger partial charge on any atom is 0.417 e. The molecule has 0 unspecified atom stereocenters. The summed E-state index contributed by atoms with van der Waals surface area (Å²) >= 11 is 0. The topological polar surface area (TPSA) is 46.2 Å². The fourth-order valence-corrected chi connectivity index (χ4v) is 1.62. The van der Waals surface area contributed by atoms with E-state index in [1.165, 1.54) is 18.2 Å². The molecule has 0 aromatic heterocycles. The van der Waals surface area contributed by atoms with E-state index < -0.39 is 11.7 Å². The molecular weight excluding hydrogens is 219 g/mol. The van der Waals surface area contributed by atoms with Crippen molar-refractivity contribution in [1.29, 1.82) is 0 Å². The van der Waals surface area contributed by atoms with Crippen molar-refractivity contribution in [2.24, 2.45) is 0 Å². The number of rotatable bonds is 0. The standard InChI is InChI=1S/C11H8F3NO/c12-11(13,14)8-3-1-2-7-6(8)4-5-9(16)10(7)15/h1-5,16H,15H2. The minimum absolute atomic E-state index is 0.00898. The van der Waals surface area contributed by atoms with Crippen molar-refractivity contribution in [3.63, 3.8) is 0 Å². The van der Waals surface area contributed by atoms with Crippen molar-refractivity contribution in [3.05, 3.63) is 35.9 Å². The van der Waals surface area contributed by atoms with Crippen LogP contribution in [0.5, 0.6) is 5.75 Å². The van der Waals surface area contributed by atoms with E-state index in [2.05, 4.69) is 0 Å². The molecule has 0 heterocycles. The SMILES string of the molecule is Nc1c(O)ccc2c(C(F)(F)F)cccc12. The van der Waals surface area contributed by atoms with Gasteiger partial charge in [0.15, 0.2) is 0 Å². The monoisotopic (exact) mass is 227 g/mol. The van der Waals surface area contributed by atoms with E-state index in [4.69, 9.17) is 5.73 Å². The van der Waals surface area contributed by atoms with E-state index in [1.807, 2.05) is 0 Å². The molecule has 0 saturated heterocycles. The molecule has 0 atom stereocenters. The van der Waals surface area contributed by atoms with Gasteiger partial charge < -0.3 is 10.8 Å². The Hall–Kier alpha value is -1.91. The molecule has 0 radical (unpaired) electrons. The van der Waals surface area contributed by atoms with E-state index in [0.29, 0.717) is 0 Å². The molecule has 0 aliphatic carbocycles. The highest BCUT2D eigenvalue weighted by Crippen LogP contribution is 2.38. The Bertz CT molecular complexity index is 549. The molecule has 3 N–H and O–H groups in total. The zero-order valence-corrected chi connectivity index (χ0v) is 8.05. The first-order valence-electron chi connectivity index (χ1n) is 4.48. The number of phenols is 1. The largest absolute Gasteiger partial charge is 0.506 e. The first-order chi connectivity index (χ1) is 7.41. The molecule has 0 saturated carbocycles. The lowest BCUT2D eigenvalue weighted by Crippen LogP contribution is -2.05. The first kappa shape index (κ1) is 10.6. The van der Waals surface area contributed by atoms with Gasteiger partial charge in [-0.05, 0) is 23.6 Å². The van der Waals surface area contributed by atoms with Gasteiger partial charge in [0.2, 0.25) is 0 Å². The third kappa shape index (κ3) is 1.54. The number of phenolic OH excluding ortho intramolecular Hbond substituents is 1. The van der Waals surface area contributed by atoms with Crippen LogP contribution in [0.4, 0.5) is 18.9 Å². The van der Waals surface area contributed by atoms with Crippen molar-refractivity contribution in [2.75, 3.05) is 5.73 Å². The predicted molar refractivity (Wildman–Crippen MR) is 55.0 cm³/mol. The van der Waals surface area contributed by atoms with Crippen molar-refractivity contribution >= 4 is 16.5 Å². The molecule has 0 amide bonds. The molecule has 2 aromatic rings. The van der Waals surface area contributed by atoms with Gasteiger partial charge in [0.05, 0.1) is 11.3 Å². The Kier molecular flexibility index (Phi) is 2.18. The van der Waals surface area contributed by atoms with Gasteiger partial charge in [0, 0.05) is 5.39 Å². The Morgan fingerprint density at radius 2 is 1.69 bits per heavy atom. The van der Waals surface area contributed by atoms with E-state index in [-0.39, 0.29) is 22.2 Å². The Balaban J connectivity index is 2.85. The summed E-state index contributed by atoms with van der Waals surface area (Å²) in [6.45, 7) is 0. The molecule has 0 aliphatic heterocycles. The van der Waals surface area contributed by atoms with Crippen molar-refractivity contribution in [3.8, 4) is 5.75 Å². The molecule has 2 aromatic carbocycles. The van der Waals surface area contributed by atoms with Crippen LogP contribution in [0.25, 0.3) is 10.8 Å². The molecule has 84 valence electrons. The third-order valence-corrected chi connectivity index (χ3v) is 2.39. The highest BCUT2D eigenvalue weighted by atomic mass is 19.4. The second-order valence-corrected chi connectivity index (χ2v) is 3.40. The highest BCUT2D eigenvalue weighted by Gasteiger charge is 2.32. The van der Waals surface area contributed by atoms with Gasteiger partial charge in [0.1, 0.15) is 5.75 Å². The quantitative estimate of drug-likeness (QED) is 0.536.